The molecule has 0 aromatic heterocycles. The number of hydrogen-bond acceptors (Lipinski definition) is 6. The van der Waals surface area contributed by atoms with Crippen molar-refractivity contribution in [3.8, 4) is 0 Å². The van der Waals surface area contributed by atoms with Crippen LogP contribution in [0.5, 0.6) is 0 Å². The second kappa shape index (κ2) is 7.05. The molecular weight excluding hydrogens is 340 g/mol. The molecule has 1 fully saturated rings. The lowest BCUT2D eigenvalue weighted by Crippen LogP contribution is -2.49. The summed E-state index contributed by atoms with van der Waals surface area (Å²) in [6.45, 7) is 6.38. The van der Waals surface area contributed by atoms with Gasteiger partial charge >= 0.3 is 6.09 Å². The van der Waals surface area contributed by atoms with E-state index in [0.717, 1.165) is 5.06 Å². The van der Waals surface area contributed by atoms with E-state index in [4.69, 9.17) is 14.3 Å². The molecule has 3 amide bonds. The highest BCUT2D eigenvalue weighted by Crippen LogP contribution is 2.23. The molecule has 2 aliphatic heterocycles. The number of carbonyl (C=O) groups excluding carboxylic acids is 3. The largest absolute Gasteiger partial charge is 0.444 e. The van der Waals surface area contributed by atoms with Crippen molar-refractivity contribution in [2.75, 3.05) is 26.3 Å². The lowest BCUT2D eigenvalue weighted by molar-refractivity contribution is -0.141. The summed E-state index contributed by atoms with van der Waals surface area (Å²) in [4.78, 5) is 43.6. The molecule has 2 aliphatic rings. The molecular formula is C18H22N2O6. The predicted octanol–water partition coefficient (Wildman–Crippen LogP) is 1.85. The van der Waals surface area contributed by atoms with Crippen molar-refractivity contribution in [1.82, 2.24) is 9.96 Å². The zero-order valence-corrected chi connectivity index (χ0v) is 15.1. The number of ether oxygens (including phenoxy) is 2. The van der Waals surface area contributed by atoms with Gasteiger partial charge in [0.25, 0.3) is 11.8 Å². The number of hydroxylamine groups is 2. The Morgan fingerprint density at radius 1 is 1.19 bits per heavy atom. The summed E-state index contributed by atoms with van der Waals surface area (Å²) in [6, 6.07) is 6.55. The lowest BCUT2D eigenvalue weighted by atomic mass is 10.1. The van der Waals surface area contributed by atoms with E-state index in [1.165, 1.54) is 4.90 Å². The molecule has 140 valence electrons. The molecule has 0 aliphatic carbocycles. The predicted molar refractivity (Wildman–Crippen MR) is 90.4 cm³/mol. The third-order valence-electron chi connectivity index (χ3n) is 3.94. The third-order valence-corrected chi connectivity index (χ3v) is 3.94. The fourth-order valence-electron chi connectivity index (χ4n) is 2.75. The summed E-state index contributed by atoms with van der Waals surface area (Å²) >= 11 is 0. The first kappa shape index (κ1) is 18.3. The molecule has 0 saturated carbocycles. The Hall–Kier alpha value is -2.45. The Morgan fingerprint density at radius 2 is 1.81 bits per heavy atom. The summed E-state index contributed by atoms with van der Waals surface area (Å²) in [7, 11) is 0. The molecule has 0 radical (unpaired) electrons. The van der Waals surface area contributed by atoms with E-state index >= 15 is 0 Å². The van der Waals surface area contributed by atoms with Crippen LogP contribution in [-0.2, 0) is 14.3 Å². The quantitative estimate of drug-likeness (QED) is 0.763. The Kier molecular flexibility index (Phi) is 4.97. The van der Waals surface area contributed by atoms with Gasteiger partial charge in [-0.2, -0.15) is 0 Å². The number of rotatable bonds is 3. The van der Waals surface area contributed by atoms with Crippen molar-refractivity contribution in [2.45, 2.75) is 32.5 Å². The van der Waals surface area contributed by atoms with Crippen molar-refractivity contribution in [3.63, 3.8) is 0 Å². The molecule has 0 bridgehead atoms. The van der Waals surface area contributed by atoms with Crippen molar-refractivity contribution in [1.29, 1.82) is 0 Å². The Bertz CT molecular complexity index is 692. The minimum atomic E-state index is -0.582. The SMILES string of the molecule is CC(C)(C)OC(=O)N1CCOC(CON2C(=O)c3ccccc3C2=O)C1. The number of benzene rings is 1. The number of fused-ring (bicyclic) bond motifs is 1. The van der Waals surface area contributed by atoms with Crippen LogP contribution in [0.25, 0.3) is 0 Å². The number of amides is 3. The van der Waals surface area contributed by atoms with Gasteiger partial charge in [0.05, 0.1) is 24.3 Å². The molecule has 8 nitrogen and oxygen atoms in total. The zero-order chi connectivity index (χ0) is 18.9. The minimum absolute atomic E-state index is 0.0230. The van der Waals surface area contributed by atoms with Gasteiger partial charge < -0.3 is 14.4 Å². The summed E-state index contributed by atoms with van der Waals surface area (Å²) in [6.07, 6.45) is -0.882. The van der Waals surface area contributed by atoms with Crippen LogP contribution in [0.2, 0.25) is 0 Å². The van der Waals surface area contributed by atoms with E-state index in [1.807, 2.05) is 0 Å². The van der Waals surface area contributed by atoms with Gasteiger partial charge in [-0.15, -0.1) is 5.06 Å². The van der Waals surface area contributed by atoms with E-state index in [0.29, 0.717) is 24.3 Å². The molecule has 1 aromatic carbocycles. The van der Waals surface area contributed by atoms with Crippen molar-refractivity contribution in [3.05, 3.63) is 35.4 Å². The molecule has 2 heterocycles. The summed E-state index contributed by atoms with van der Waals surface area (Å²) in [5.41, 5.74) is 0.0524. The van der Waals surface area contributed by atoms with Crippen LogP contribution < -0.4 is 0 Å². The van der Waals surface area contributed by atoms with Gasteiger partial charge in [-0.25, -0.2) is 4.79 Å². The first-order chi connectivity index (χ1) is 12.3. The number of carbonyl (C=O) groups is 3. The monoisotopic (exact) mass is 362 g/mol. The van der Waals surface area contributed by atoms with E-state index in [9.17, 15) is 14.4 Å². The molecule has 1 aromatic rings. The highest BCUT2D eigenvalue weighted by molar-refractivity contribution is 6.20. The van der Waals surface area contributed by atoms with E-state index < -0.39 is 29.6 Å². The number of morpholine rings is 1. The number of imide groups is 1. The standard InChI is InChI=1S/C18H22N2O6/c1-18(2,3)26-17(23)19-8-9-24-12(10-19)11-25-20-15(21)13-6-4-5-7-14(13)16(20)22/h4-7,12H,8-11H2,1-3H3. The van der Waals surface area contributed by atoms with Gasteiger partial charge in [-0.1, -0.05) is 12.1 Å². The highest BCUT2D eigenvalue weighted by Gasteiger charge is 2.37. The van der Waals surface area contributed by atoms with E-state index in [1.54, 1.807) is 45.0 Å². The van der Waals surface area contributed by atoms with Gasteiger partial charge in [0.1, 0.15) is 18.3 Å². The Balaban J connectivity index is 1.56. The van der Waals surface area contributed by atoms with Crippen LogP contribution in [0.3, 0.4) is 0 Å². The topological polar surface area (TPSA) is 85.4 Å². The van der Waals surface area contributed by atoms with Crippen molar-refractivity contribution in [2.24, 2.45) is 0 Å². The lowest BCUT2D eigenvalue weighted by Gasteiger charge is -2.34. The van der Waals surface area contributed by atoms with Crippen LogP contribution in [0.4, 0.5) is 4.79 Å². The molecule has 0 N–H and O–H groups in total. The van der Waals surface area contributed by atoms with Crippen LogP contribution >= 0.6 is 0 Å². The van der Waals surface area contributed by atoms with E-state index in [-0.39, 0.29) is 13.2 Å². The van der Waals surface area contributed by atoms with Gasteiger partial charge in [0.2, 0.25) is 0 Å². The summed E-state index contributed by atoms with van der Waals surface area (Å²) in [5, 5.41) is 0.750. The number of nitrogens with zero attached hydrogens (tertiary/aromatic N) is 2. The van der Waals surface area contributed by atoms with Crippen LogP contribution in [0.15, 0.2) is 24.3 Å². The van der Waals surface area contributed by atoms with Gasteiger partial charge in [0, 0.05) is 6.54 Å². The molecule has 1 unspecified atom stereocenters. The Morgan fingerprint density at radius 3 is 2.38 bits per heavy atom. The Labute approximate surface area is 151 Å². The second-order valence-electron chi connectivity index (χ2n) is 7.17. The first-order valence-electron chi connectivity index (χ1n) is 8.46. The fourth-order valence-corrected chi connectivity index (χ4v) is 2.75. The van der Waals surface area contributed by atoms with Crippen molar-refractivity contribution < 1.29 is 28.7 Å². The zero-order valence-electron chi connectivity index (χ0n) is 15.1. The molecule has 8 heteroatoms. The molecule has 3 rings (SSSR count). The van der Waals surface area contributed by atoms with Gasteiger partial charge in [-0.05, 0) is 32.9 Å². The maximum atomic E-state index is 12.3. The summed E-state index contributed by atoms with van der Waals surface area (Å²) < 4.78 is 10.9. The number of hydrogen-bond donors (Lipinski definition) is 0. The normalized spacial score (nSPS) is 20.3. The highest BCUT2D eigenvalue weighted by atomic mass is 16.7. The second-order valence-corrected chi connectivity index (χ2v) is 7.17. The van der Waals surface area contributed by atoms with E-state index in [2.05, 4.69) is 0 Å². The van der Waals surface area contributed by atoms with Crippen LogP contribution in [-0.4, -0.2) is 65.9 Å². The summed E-state index contributed by atoms with van der Waals surface area (Å²) in [5.74, 6) is -0.990. The van der Waals surface area contributed by atoms with Crippen molar-refractivity contribution >= 4 is 17.9 Å². The third kappa shape index (κ3) is 3.86. The average Bonchev–Trinajstić information content (AvgIpc) is 2.83. The smallest absolute Gasteiger partial charge is 0.410 e. The van der Waals surface area contributed by atoms with Crippen LogP contribution in [0.1, 0.15) is 41.5 Å². The molecule has 1 saturated heterocycles. The van der Waals surface area contributed by atoms with Crippen LogP contribution in [0, 0.1) is 0 Å². The van der Waals surface area contributed by atoms with Gasteiger partial charge in [0.15, 0.2) is 0 Å². The molecule has 0 spiro atoms. The first-order valence-corrected chi connectivity index (χ1v) is 8.46. The molecule has 1 atom stereocenters. The fraction of sp³-hybridized carbons (Fsp3) is 0.500. The minimum Gasteiger partial charge on any atom is -0.444 e. The maximum Gasteiger partial charge on any atom is 0.410 e. The van der Waals surface area contributed by atoms with Gasteiger partial charge in [-0.3, -0.25) is 14.4 Å². The maximum absolute atomic E-state index is 12.3. The average molecular weight is 362 g/mol. The molecule has 26 heavy (non-hydrogen) atoms.